The first-order valence-electron chi connectivity index (χ1n) is 7.70. The number of hydrogen-bond donors (Lipinski definition) is 1. The van der Waals surface area contributed by atoms with E-state index in [-0.39, 0.29) is 0 Å². The summed E-state index contributed by atoms with van der Waals surface area (Å²) in [6.45, 7) is 7.41. The maximum Gasteiger partial charge on any atom is 0.0426 e. The second-order valence-electron chi connectivity index (χ2n) is 6.04. The standard InChI is InChI=1S/C19H26N2/c1-16(2)13-20-14-17-8-7-9-18(12-17)15-21(3)19-10-5-4-6-11-19/h4-12,16,20H,13-15H2,1-3H3. The van der Waals surface area contributed by atoms with Gasteiger partial charge in [0, 0.05) is 25.8 Å². The maximum atomic E-state index is 3.50. The van der Waals surface area contributed by atoms with Crippen LogP contribution < -0.4 is 10.2 Å². The third-order valence-corrected chi connectivity index (χ3v) is 3.49. The fourth-order valence-electron chi connectivity index (χ4n) is 2.39. The van der Waals surface area contributed by atoms with Crippen molar-refractivity contribution in [2.75, 3.05) is 18.5 Å². The Morgan fingerprint density at radius 2 is 1.67 bits per heavy atom. The van der Waals surface area contributed by atoms with Crippen molar-refractivity contribution < 1.29 is 0 Å². The van der Waals surface area contributed by atoms with E-state index >= 15 is 0 Å². The molecule has 21 heavy (non-hydrogen) atoms. The Morgan fingerprint density at radius 3 is 2.38 bits per heavy atom. The van der Waals surface area contributed by atoms with Crippen LogP contribution in [0.5, 0.6) is 0 Å². The first-order valence-corrected chi connectivity index (χ1v) is 7.70. The fraction of sp³-hybridized carbons (Fsp3) is 0.368. The molecule has 0 aliphatic heterocycles. The highest BCUT2D eigenvalue weighted by atomic mass is 15.1. The van der Waals surface area contributed by atoms with Gasteiger partial charge in [0.05, 0.1) is 0 Å². The Bertz CT molecular complexity index is 534. The van der Waals surface area contributed by atoms with E-state index in [1.807, 2.05) is 0 Å². The third kappa shape index (κ3) is 5.24. The summed E-state index contributed by atoms with van der Waals surface area (Å²) in [5, 5.41) is 3.50. The number of para-hydroxylation sites is 1. The van der Waals surface area contributed by atoms with Crippen LogP contribution in [0.4, 0.5) is 5.69 Å². The van der Waals surface area contributed by atoms with Crippen LogP contribution >= 0.6 is 0 Å². The summed E-state index contributed by atoms with van der Waals surface area (Å²) in [7, 11) is 2.14. The molecule has 0 aliphatic rings. The topological polar surface area (TPSA) is 15.3 Å². The van der Waals surface area contributed by atoms with Crippen molar-refractivity contribution >= 4 is 5.69 Å². The number of benzene rings is 2. The largest absolute Gasteiger partial charge is 0.370 e. The molecule has 0 aromatic heterocycles. The molecule has 2 aromatic carbocycles. The molecule has 0 aliphatic carbocycles. The lowest BCUT2D eigenvalue weighted by molar-refractivity contribution is 0.552. The van der Waals surface area contributed by atoms with Crippen LogP contribution in [0.1, 0.15) is 25.0 Å². The zero-order valence-electron chi connectivity index (χ0n) is 13.3. The normalized spacial score (nSPS) is 10.9. The third-order valence-electron chi connectivity index (χ3n) is 3.49. The van der Waals surface area contributed by atoms with Crippen LogP contribution in [-0.2, 0) is 13.1 Å². The number of hydrogen-bond acceptors (Lipinski definition) is 2. The maximum absolute atomic E-state index is 3.50. The highest BCUT2D eigenvalue weighted by Gasteiger charge is 2.02. The van der Waals surface area contributed by atoms with Gasteiger partial charge in [-0.25, -0.2) is 0 Å². The van der Waals surface area contributed by atoms with Crippen molar-refractivity contribution in [2.45, 2.75) is 26.9 Å². The molecule has 0 atom stereocenters. The molecule has 0 unspecified atom stereocenters. The number of nitrogens with zero attached hydrogens (tertiary/aromatic N) is 1. The quantitative estimate of drug-likeness (QED) is 0.823. The molecule has 0 bridgehead atoms. The molecule has 2 heteroatoms. The average molecular weight is 282 g/mol. The van der Waals surface area contributed by atoms with E-state index in [0.717, 1.165) is 19.6 Å². The molecule has 0 spiro atoms. The van der Waals surface area contributed by atoms with E-state index < -0.39 is 0 Å². The Kier molecular flexibility index (Phi) is 5.82. The Labute approximate surface area is 128 Å². The summed E-state index contributed by atoms with van der Waals surface area (Å²) in [4.78, 5) is 2.28. The predicted molar refractivity (Wildman–Crippen MR) is 91.5 cm³/mol. The molecule has 2 aromatic rings. The number of rotatable bonds is 7. The summed E-state index contributed by atoms with van der Waals surface area (Å²) < 4.78 is 0. The molecule has 1 N–H and O–H groups in total. The molecule has 0 heterocycles. The van der Waals surface area contributed by atoms with Crippen molar-refractivity contribution in [3.63, 3.8) is 0 Å². The summed E-state index contributed by atoms with van der Waals surface area (Å²) in [6, 6.07) is 19.4. The van der Waals surface area contributed by atoms with Gasteiger partial charge in [-0.05, 0) is 35.7 Å². The van der Waals surface area contributed by atoms with Crippen LogP contribution in [0.3, 0.4) is 0 Å². The van der Waals surface area contributed by atoms with Gasteiger partial charge in [0.2, 0.25) is 0 Å². The highest BCUT2D eigenvalue weighted by Crippen LogP contribution is 2.15. The van der Waals surface area contributed by atoms with Gasteiger partial charge in [0.15, 0.2) is 0 Å². The molecular weight excluding hydrogens is 256 g/mol. The number of anilines is 1. The Balaban J connectivity index is 1.94. The zero-order valence-corrected chi connectivity index (χ0v) is 13.3. The van der Waals surface area contributed by atoms with Gasteiger partial charge in [0.25, 0.3) is 0 Å². The van der Waals surface area contributed by atoms with Crippen molar-refractivity contribution in [2.24, 2.45) is 5.92 Å². The minimum atomic E-state index is 0.692. The molecule has 0 fully saturated rings. The molecule has 0 saturated carbocycles. The SMILES string of the molecule is CC(C)CNCc1cccc(CN(C)c2ccccc2)c1. The summed E-state index contributed by atoms with van der Waals surface area (Å²) in [5.74, 6) is 0.692. The molecule has 2 nitrogen and oxygen atoms in total. The second-order valence-corrected chi connectivity index (χ2v) is 6.04. The average Bonchev–Trinajstić information content (AvgIpc) is 2.48. The van der Waals surface area contributed by atoms with Crippen LogP contribution in [0, 0.1) is 5.92 Å². The molecular formula is C19H26N2. The smallest absolute Gasteiger partial charge is 0.0426 e. The first kappa shape index (κ1) is 15.6. The minimum Gasteiger partial charge on any atom is -0.370 e. The Morgan fingerprint density at radius 1 is 0.952 bits per heavy atom. The van der Waals surface area contributed by atoms with Gasteiger partial charge >= 0.3 is 0 Å². The van der Waals surface area contributed by atoms with Gasteiger partial charge in [-0.15, -0.1) is 0 Å². The van der Waals surface area contributed by atoms with Crippen LogP contribution in [0.25, 0.3) is 0 Å². The molecule has 112 valence electrons. The van der Waals surface area contributed by atoms with E-state index in [2.05, 4.69) is 85.7 Å². The minimum absolute atomic E-state index is 0.692. The summed E-state index contributed by atoms with van der Waals surface area (Å²) in [6.07, 6.45) is 0. The highest BCUT2D eigenvalue weighted by molar-refractivity contribution is 5.45. The van der Waals surface area contributed by atoms with Gasteiger partial charge in [-0.3, -0.25) is 0 Å². The van der Waals surface area contributed by atoms with E-state index in [0.29, 0.717) is 5.92 Å². The lowest BCUT2D eigenvalue weighted by Gasteiger charge is -2.19. The molecule has 0 radical (unpaired) electrons. The van der Waals surface area contributed by atoms with Crippen LogP contribution in [0.15, 0.2) is 54.6 Å². The van der Waals surface area contributed by atoms with E-state index in [1.165, 1.54) is 16.8 Å². The monoisotopic (exact) mass is 282 g/mol. The Hall–Kier alpha value is -1.80. The predicted octanol–water partition coefficient (Wildman–Crippen LogP) is 4.07. The summed E-state index contributed by atoms with van der Waals surface area (Å²) >= 11 is 0. The van der Waals surface area contributed by atoms with Crippen molar-refractivity contribution in [3.05, 3.63) is 65.7 Å². The first-order chi connectivity index (χ1) is 10.1. The fourth-order valence-corrected chi connectivity index (χ4v) is 2.39. The second kappa shape index (κ2) is 7.84. The van der Waals surface area contributed by atoms with Crippen LogP contribution in [-0.4, -0.2) is 13.6 Å². The van der Waals surface area contributed by atoms with Crippen LogP contribution in [0.2, 0.25) is 0 Å². The molecule has 0 saturated heterocycles. The van der Waals surface area contributed by atoms with Gasteiger partial charge in [0.1, 0.15) is 0 Å². The van der Waals surface area contributed by atoms with Crippen molar-refractivity contribution in [1.29, 1.82) is 0 Å². The van der Waals surface area contributed by atoms with Gasteiger partial charge in [-0.2, -0.15) is 0 Å². The lowest BCUT2D eigenvalue weighted by Crippen LogP contribution is -2.19. The van der Waals surface area contributed by atoms with E-state index in [9.17, 15) is 0 Å². The van der Waals surface area contributed by atoms with Gasteiger partial charge in [-0.1, -0.05) is 56.3 Å². The molecule has 2 rings (SSSR count). The molecule has 0 amide bonds. The summed E-state index contributed by atoms with van der Waals surface area (Å²) in [5.41, 5.74) is 3.96. The van der Waals surface area contributed by atoms with Crippen molar-refractivity contribution in [3.8, 4) is 0 Å². The van der Waals surface area contributed by atoms with E-state index in [1.54, 1.807) is 0 Å². The lowest BCUT2D eigenvalue weighted by atomic mass is 10.1. The number of nitrogens with one attached hydrogen (secondary N) is 1. The zero-order chi connectivity index (χ0) is 15.1. The van der Waals surface area contributed by atoms with Crippen molar-refractivity contribution in [1.82, 2.24) is 5.32 Å². The van der Waals surface area contributed by atoms with E-state index in [4.69, 9.17) is 0 Å². The van der Waals surface area contributed by atoms with Gasteiger partial charge < -0.3 is 10.2 Å².